The minimum atomic E-state index is -0.420. The molecule has 0 unspecified atom stereocenters. The van der Waals surface area contributed by atoms with Crippen LogP contribution in [0.4, 0.5) is 0 Å². The SMILES string of the molecule is NC(=O)CN1CN=NC(C2(c3ccccc3)CCN(Cc3ccccc3)CC2)=N1. The Morgan fingerprint density at radius 3 is 2.31 bits per heavy atom. The number of benzene rings is 2. The van der Waals surface area contributed by atoms with Gasteiger partial charge < -0.3 is 5.73 Å². The Kier molecular flexibility index (Phi) is 5.67. The topological polar surface area (TPSA) is 86.7 Å². The van der Waals surface area contributed by atoms with Crippen LogP contribution in [0.3, 0.4) is 0 Å². The van der Waals surface area contributed by atoms with Gasteiger partial charge in [0, 0.05) is 6.54 Å². The number of hydrogen-bond donors (Lipinski definition) is 1. The summed E-state index contributed by atoms with van der Waals surface area (Å²) in [6.45, 7) is 3.13. The van der Waals surface area contributed by atoms with Gasteiger partial charge in [0.25, 0.3) is 0 Å². The number of amidine groups is 1. The van der Waals surface area contributed by atoms with Crippen molar-refractivity contribution in [1.29, 1.82) is 0 Å². The smallest absolute Gasteiger partial charge is 0.238 e. The summed E-state index contributed by atoms with van der Waals surface area (Å²) in [6.07, 6.45) is 1.79. The van der Waals surface area contributed by atoms with Gasteiger partial charge in [0.15, 0.2) is 5.84 Å². The lowest BCUT2D eigenvalue weighted by atomic mass is 9.71. The third-order valence-corrected chi connectivity index (χ3v) is 5.68. The Balaban J connectivity index is 1.58. The molecule has 4 rings (SSSR count). The number of carbonyl (C=O) groups excluding carboxylic acids is 1. The number of rotatable bonds is 6. The minimum Gasteiger partial charge on any atom is -0.368 e. The summed E-state index contributed by atoms with van der Waals surface area (Å²) in [5, 5.41) is 14.9. The van der Waals surface area contributed by atoms with Crippen molar-refractivity contribution in [3.8, 4) is 0 Å². The molecule has 0 spiro atoms. The van der Waals surface area contributed by atoms with E-state index in [0.717, 1.165) is 32.5 Å². The second kappa shape index (κ2) is 8.53. The normalized spacial score (nSPS) is 19.0. The fourth-order valence-corrected chi connectivity index (χ4v) is 4.15. The highest BCUT2D eigenvalue weighted by Gasteiger charge is 2.42. The summed E-state index contributed by atoms with van der Waals surface area (Å²) in [4.78, 5) is 13.8. The van der Waals surface area contributed by atoms with Crippen LogP contribution in [0.15, 0.2) is 76.0 Å². The maximum absolute atomic E-state index is 11.3. The van der Waals surface area contributed by atoms with Crippen molar-refractivity contribution in [3.63, 3.8) is 0 Å². The molecular weight excluding hydrogens is 364 g/mol. The Morgan fingerprint density at radius 1 is 1.00 bits per heavy atom. The van der Waals surface area contributed by atoms with Crippen LogP contribution in [0.1, 0.15) is 24.0 Å². The molecule has 0 radical (unpaired) electrons. The molecule has 0 saturated carbocycles. The molecule has 2 aromatic carbocycles. The van der Waals surface area contributed by atoms with E-state index >= 15 is 0 Å². The number of piperidine rings is 1. The second-order valence-electron chi connectivity index (χ2n) is 7.65. The van der Waals surface area contributed by atoms with Crippen LogP contribution >= 0.6 is 0 Å². The number of carbonyl (C=O) groups is 1. The Labute approximate surface area is 170 Å². The largest absolute Gasteiger partial charge is 0.368 e. The summed E-state index contributed by atoms with van der Waals surface area (Å²) in [6, 6.07) is 20.9. The van der Waals surface area contributed by atoms with E-state index in [9.17, 15) is 4.79 Å². The molecular formula is C22H26N6O. The van der Waals surface area contributed by atoms with Crippen molar-refractivity contribution in [2.75, 3.05) is 26.3 Å². The summed E-state index contributed by atoms with van der Waals surface area (Å²) in [5.74, 6) is 0.257. The lowest BCUT2D eigenvalue weighted by Gasteiger charge is -2.42. The van der Waals surface area contributed by atoms with E-state index in [4.69, 9.17) is 5.73 Å². The Bertz CT molecular complexity index is 888. The first-order valence-corrected chi connectivity index (χ1v) is 9.97. The van der Waals surface area contributed by atoms with Crippen molar-refractivity contribution in [2.45, 2.75) is 24.8 Å². The van der Waals surface area contributed by atoms with Gasteiger partial charge >= 0.3 is 0 Å². The zero-order valence-corrected chi connectivity index (χ0v) is 16.4. The van der Waals surface area contributed by atoms with Gasteiger partial charge in [-0.25, -0.2) is 0 Å². The standard InChI is InChI=1S/C22H26N6O/c23-20(29)16-28-17-24-25-21(26-28)22(19-9-5-2-6-10-19)11-13-27(14-12-22)15-18-7-3-1-4-8-18/h1-10H,11-17H2,(H2,23,29). The number of hydrazone groups is 1. The zero-order chi connectivity index (χ0) is 20.1. The van der Waals surface area contributed by atoms with Gasteiger partial charge in [-0.05, 0) is 37.1 Å². The molecule has 1 amide bonds. The van der Waals surface area contributed by atoms with Gasteiger partial charge in [0.2, 0.25) is 5.91 Å². The van der Waals surface area contributed by atoms with E-state index in [0.29, 0.717) is 5.84 Å². The summed E-state index contributed by atoms with van der Waals surface area (Å²) >= 11 is 0. The fourth-order valence-electron chi connectivity index (χ4n) is 4.15. The van der Waals surface area contributed by atoms with E-state index in [1.807, 2.05) is 12.1 Å². The summed E-state index contributed by atoms with van der Waals surface area (Å²) < 4.78 is 0. The average Bonchev–Trinajstić information content (AvgIpc) is 2.75. The molecule has 0 aromatic heterocycles. The molecule has 1 fully saturated rings. The van der Waals surface area contributed by atoms with Crippen molar-refractivity contribution in [3.05, 3.63) is 71.8 Å². The predicted molar refractivity (Wildman–Crippen MR) is 112 cm³/mol. The lowest BCUT2D eigenvalue weighted by Crippen LogP contribution is -2.48. The lowest BCUT2D eigenvalue weighted by molar-refractivity contribution is -0.119. The first-order chi connectivity index (χ1) is 14.2. The molecule has 2 aliphatic rings. The van der Waals surface area contributed by atoms with Gasteiger partial charge in [-0.2, -0.15) is 10.2 Å². The van der Waals surface area contributed by atoms with E-state index in [1.165, 1.54) is 11.1 Å². The molecule has 0 aliphatic carbocycles. The van der Waals surface area contributed by atoms with E-state index in [-0.39, 0.29) is 18.6 Å². The molecule has 29 heavy (non-hydrogen) atoms. The van der Waals surface area contributed by atoms with E-state index in [1.54, 1.807) is 5.01 Å². The molecule has 7 heteroatoms. The maximum atomic E-state index is 11.3. The average molecular weight is 390 g/mol. The van der Waals surface area contributed by atoms with Gasteiger partial charge in [-0.1, -0.05) is 60.7 Å². The Hall–Kier alpha value is -3.06. The fraction of sp³-hybridized carbons (Fsp3) is 0.364. The van der Waals surface area contributed by atoms with Gasteiger partial charge in [0.05, 0.1) is 5.41 Å². The Morgan fingerprint density at radius 2 is 1.66 bits per heavy atom. The molecule has 2 N–H and O–H groups in total. The molecule has 2 aromatic rings. The zero-order valence-electron chi connectivity index (χ0n) is 16.4. The van der Waals surface area contributed by atoms with Crippen LogP contribution in [0.25, 0.3) is 0 Å². The molecule has 2 aliphatic heterocycles. The van der Waals surface area contributed by atoms with Crippen LogP contribution in [0, 0.1) is 0 Å². The molecule has 0 bridgehead atoms. The van der Waals surface area contributed by atoms with Crippen LogP contribution in [0.2, 0.25) is 0 Å². The number of primary amides is 1. The highest BCUT2D eigenvalue weighted by atomic mass is 16.1. The van der Waals surface area contributed by atoms with Crippen molar-refractivity contribution in [1.82, 2.24) is 9.91 Å². The molecule has 2 heterocycles. The molecule has 0 atom stereocenters. The van der Waals surface area contributed by atoms with Crippen LogP contribution < -0.4 is 5.73 Å². The third-order valence-electron chi connectivity index (χ3n) is 5.68. The molecule has 1 saturated heterocycles. The van der Waals surface area contributed by atoms with Crippen LogP contribution in [-0.2, 0) is 16.8 Å². The number of nitrogens with two attached hydrogens (primary N) is 1. The first-order valence-electron chi connectivity index (χ1n) is 9.97. The quantitative estimate of drug-likeness (QED) is 0.823. The van der Waals surface area contributed by atoms with Crippen molar-refractivity contribution in [2.24, 2.45) is 21.1 Å². The van der Waals surface area contributed by atoms with Gasteiger partial charge in [-0.15, -0.1) is 5.11 Å². The number of likely N-dealkylation sites (tertiary alicyclic amines) is 1. The minimum absolute atomic E-state index is 0.0491. The summed E-state index contributed by atoms with van der Waals surface area (Å²) in [5.41, 5.74) is 7.56. The number of azo groups is 1. The second-order valence-corrected chi connectivity index (χ2v) is 7.65. The van der Waals surface area contributed by atoms with E-state index in [2.05, 4.69) is 68.8 Å². The predicted octanol–water partition coefficient (Wildman–Crippen LogP) is 2.74. The van der Waals surface area contributed by atoms with Gasteiger partial charge in [-0.3, -0.25) is 14.7 Å². The highest BCUT2D eigenvalue weighted by molar-refractivity contribution is 5.94. The molecule has 7 nitrogen and oxygen atoms in total. The first kappa shape index (κ1) is 19.3. The number of nitrogens with zero attached hydrogens (tertiary/aromatic N) is 5. The highest BCUT2D eigenvalue weighted by Crippen LogP contribution is 2.39. The van der Waals surface area contributed by atoms with Crippen LogP contribution in [-0.4, -0.2) is 48.0 Å². The monoisotopic (exact) mass is 390 g/mol. The van der Waals surface area contributed by atoms with E-state index < -0.39 is 5.91 Å². The van der Waals surface area contributed by atoms with Crippen molar-refractivity contribution < 1.29 is 4.79 Å². The summed E-state index contributed by atoms with van der Waals surface area (Å²) in [7, 11) is 0. The van der Waals surface area contributed by atoms with Crippen molar-refractivity contribution >= 4 is 11.7 Å². The molecule has 150 valence electrons. The number of hydrogen-bond acceptors (Lipinski definition) is 6. The third kappa shape index (κ3) is 4.35. The van der Waals surface area contributed by atoms with Gasteiger partial charge in [0.1, 0.15) is 13.2 Å². The van der Waals surface area contributed by atoms with Crippen LogP contribution in [0.5, 0.6) is 0 Å². The number of amides is 1. The maximum Gasteiger partial charge on any atom is 0.238 e.